The van der Waals surface area contributed by atoms with Crippen molar-refractivity contribution in [3.05, 3.63) is 65.5 Å². The highest BCUT2D eigenvalue weighted by Crippen LogP contribution is 2.27. The second-order valence-electron chi connectivity index (χ2n) is 7.21. The Morgan fingerprint density at radius 3 is 2.63 bits per heavy atom. The van der Waals surface area contributed by atoms with Crippen molar-refractivity contribution in [3.63, 3.8) is 0 Å². The van der Waals surface area contributed by atoms with Gasteiger partial charge in [-0.15, -0.1) is 0 Å². The normalized spacial score (nSPS) is 15.8. The SMILES string of the molecule is N#Cc1ccc(CC(NC(=O)c2cc3cccnc3[nH]2)C(=O)N2CC(F)(F)C2)cc1. The minimum Gasteiger partial charge on any atom is -0.339 e. The number of alkyl halides is 2. The Morgan fingerprint density at radius 2 is 2.00 bits per heavy atom. The van der Waals surface area contributed by atoms with E-state index in [1.807, 2.05) is 6.07 Å². The molecule has 4 rings (SSSR count). The minimum absolute atomic E-state index is 0.108. The maximum atomic E-state index is 13.2. The van der Waals surface area contributed by atoms with Crippen LogP contribution in [-0.4, -0.2) is 51.7 Å². The molecule has 0 aliphatic carbocycles. The van der Waals surface area contributed by atoms with Gasteiger partial charge in [-0.2, -0.15) is 5.26 Å². The number of nitrogens with one attached hydrogen (secondary N) is 2. The fourth-order valence-corrected chi connectivity index (χ4v) is 3.36. The Kier molecular flexibility index (Phi) is 4.91. The Hall–Kier alpha value is -3.80. The quantitative estimate of drug-likeness (QED) is 0.675. The van der Waals surface area contributed by atoms with E-state index in [1.165, 1.54) is 0 Å². The molecule has 7 nitrogen and oxygen atoms in total. The maximum absolute atomic E-state index is 13.2. The van der Waals surface area contributed by atoms with E-state index >= 15 is 0 Å². The summed E-state index contributed by atoms with van der Waals surface area (Å²) < 4.78 is 26.5. The number of pyridine rings is 1. The van der Waals surface area contributed by atoms with Gasteiger partial charge in [-0.05, 0) is 35.9 Å². The summed E-state index contributed by atoms with van der Waals surface area (Å²) in [6.07, 6.45) is 1.69. The molecular weight excluding hydrogens is 392 g/mol. The number of halogens is 2. The molecule has 3 aromatic rings. The van der Waals surface area contributed by atoms with Crippen LogP contribution in [0.15, 0.2) is 48.7 Å². The third-order valence-electron chi connectivity index (χ3n) is 4.92. The number of hydrogen-bond acceptors (Lipinski definition) is 4. The van der Waals surface area contributed by atoms with Crippen LogP contribution >= 0.6 is 0 Å². The molecule has 2 N–H and O–H groups in total. The molecule has 1 unspecified atom stereocenters. The van der Waals surface area contributed by atoms with Crippen LogP contribution in [0.4, 0.5) is 8.78 Å². The van der Waals surface area contributed by atoms with Gasteiger partial charge >= 0.3 is 0 Å². The Bertz CT molecular complexity index is 1110. The number of aromatic amines is 1. The molecule has 2 aromatic heterocycles. The van der Waals surface area contributed by atoms with Gasteiger partial charge < -0.3 is 15.2 Å². The highest BCUT2D eigenvalue weighted by Gasteiger charge is 2.47. The van der Waals surface area contributed by atoms with E-state index in [4.69, 9.17) is 5.26 Å². The van der Waals surface area contributed by atoms with E-state index in [-0.39, 0.29) is 12.1 Å². The van der Waals surface area contributed by atoms with Crippen molar-refractivity contribution in [3.8, 4) is 6.07 Å². The Morgan fingerprint density at radius 1 is 1.27 bits per heavy atom. The number of hydrogen-bond donors (Lipinski definition) is 2. The van der Waals surface area contributed by atoms with Crippen LogP contribution in [0.25, 0.3) is 11.0 Å². The summed E-state index contributed by atoms with van der Waals surface area (Å²) in [5, 5.41) is 12.3. The van der Waals surface area contributed by atoms with Crippen LogP contribution in [0, 0.1) is 11.3 Å². The summed E-state index contributed by atoms with van der Waals surface area (Å²) in [5.41, 5.74) is 1.90. The summed E-state index contributed by atoms with van der Waals surface area (Å²) in [6.45, 7) is -1.33. The number of nitrogens with zero attached hydrogens (tertiary/aromatic N) is 3. The molecule has 9 heteroatoms. The molecule has 1 atom stereocenters. The number of aromatic nitrogens is 2. The highest BCUT2D eigenvalue weighted by molar-refractivity contribution is 5.99. The molecule has 0 radical (unpaired) electrons. The van der Waals surface area contributed by atoms with E-state index in [0.717, 1.165) is 10.3 Å². The smallest absolute Gasteiger partial charge is 0.282 e. The zero-order chi connectivity index (χ0) is 21.3. The standard InChI is InChI=1S/C21H17F2N5O2/c22-21(23)11-28(12-21)20(30)17(8-13-3-5-14(10-24)6-4-13)27-19(29)16-9-15-2-1-7-25-18(15)26-16/h1-7,9,17H,8,11-12H2,(H,25,26)(H,27,29). The van der Waals surface area contributed by atoms with Crippen molar-refractivity contribution in [1.29, 1.82) is 5.26 Å². The molecule has 1 aromatic carbocycles. The lowest BCUT2D eigenvalue weighted by atomic mass is 10.0. The lowest BCUT2D eigenvalue weighted by Gasteiger charge is -2.40. The summed E-state index contributed by atoms with van der Waals surface area (Å²) in [6, 6.07) is 12.6. The minimum atomic E-state index is -2.90. The van der Waals surface area contributed by atoms with Crippen molar-refractivity contribution >= 4 is 22.8 Å². The van der Waals surface area contributed by atoms with E-state index in [0.29, 0.717) is 16.8 Å². The predicted molar refractivity (Wildman–Crippen MR) is 104 cm³/mol. The van der Waals surface area contributed by atoms with Crippen LogP contribution in [0.5, 0.6) is 0 Å². The number of likely N-dealkylation sites (tertiary alicyclic amines) is 1. The topological polar surface area (TPSA) is 102 Å². The van der Waals surface area contributed by atoms with Gasteiger partial charge in [0.05, 0.1) is 24.7 Å². The maximum Gasteiger partial charge on any atom is 0.282 e. The third kappa shape index (κ3) is 3.98. The molecule has 30 heavy (non-hydrogen) atoms. The largest absolute Gasteiger partial charge is 0.339 e. The molecule has 3 heterocycles. The number of nitriles is 1. The number of amides is 2. The molecule has 1 aliphatic heterocycles. The van der Waals surface area contributed by atoms with Crippen molar-refractivity contribution in [2.75, 3.05) is 13.1 Å². The number of carbonyl (C=O) groups excluding carboxylic acids is 2. The molecule has 1 saturated heterocycles. The van der Waals surface area contributed by atoms with Crippen LogP contribution < -0.4 is 5.32 Å². The lowest BCUT2D eigenvalue weighted by molar-refractivity contribution is -0.167. The van der Waals surface area contributed by atoms with E-state index < -0.39 is 36.9 Å². The first kappa shape index (κ1) is 19.5. The van der Waals surface area contributed by atoms with Gasteiger partial charge in [0.1, 0.15) is 17.4 Å². The fraction of sp³-hybridized carbons (Fsp3) is 0.238. The Labute approximate surface area is 170 Å². The average Bonchev–Trinajstić information content (AvgIpc) is 3.16. The van der Waals surface area contributed by atoms with Gasteiger partial charge in [0.15, 0.2) is 0 Å². The second kappa shape index (κ2) is 7.55. The van der Waals surface area contributed by atoms with Gasteiger partial charge in [0, 0.05) is 18.0 Å². The first-order valence-electron chi connectivity index (χ1n) is 9.25. The number of fused-ring (bicyclic) bond motifs is 1. The third-order valence-corrected chi connectivity index (χ3v) is 4.92. The Balaban J connectivity index is 1.54. The first-order chi connectivity index (χ1) is 14.3. The van der Waals surface area contributed by atoms with Crippen molar-refractivity contribution in [2.45, 2.75) is 18.4 Å². The molecule has 1 fully saturated rings. The van der Waals surface area contributed by atoms with Gasteiger partial charge in [0.25, 0.3) is 11.8 Å². The van der Waals surface area contributed by atoms with Gasteiger partial charge in [-0.25, -0.2) is 13.8 Å². The van der Waals surface area contributed by atoms with Crippen LogP contribution in [-0.2, 0) is 11.2 Å². The summed E-state index contributed by atoms with van der Waals surface area (Å²) >= 11 is 0. The second-order valence-corrected chi connectivity index (χ2v) is 7.21. The monoisotopic (exact) mass is 409 g/mol. The van der Waals surface area contributed by atoms with Crippen molar-refractivity contribution in [1.82, 2.24) is 20.2 Å². The predicted octanol–water partition coefficient (Wildman–Crippen LogP) is 2.25. The first-order valence-corrected chi connectivity index (χ1v) is 9.25. The molecular formula is C21H17F2N5O2. The van der Waals surface area contributed by atoms with E-state index in [1.54, 1.807) is 48.7 Å². The molecule has 1 aliphatic rings. The van der Waals surface area contributed by atoms with Crippen LogP contribution in [0.3, 0.4) is 0 Å². The van der Waals surface area contributed by atoms with Crippen molar-refractivity contribution in [2.24, 2.45) is 0 Å². The highest BCUT2D eigenvalue weighted by atomic mass is 19.3. The molecule has 152 valence electrons. The summed E-state index contributed by atoms with van der Waals surface area (Å²) in [5.74, 6) is -4.01. The van der Waals surface area contributed by atoms with Crippen LogP contribution in [0.2, 0.25) is 0 Å². The number of benzene rings is 1. The van der Waals surface area contributed by atoms with Gasteiger partial charge in [-0.1, -0.05) is 12.1 Å². The average molecular weight is 409 g/mol. The molecule has 0 spiro atoms. The number of H-pyrrole nitrogens is 1. The number of rotatable bonds is 5. The fourth-order valence-electron chi connectivity index (χ4n) is 3.36. The van der Waals surface area contributed by atoms with Crippen LogP contribution in [0.1, 0.15) is 21.6 Å². The summed E-state index contributed by atoms with van der Waals surface area (Å²) in [7, 11) is 0. The van der Waals surface area contributed by atoms with Crippen molar-refractivity contribution < 1.29 is 18.4 Å². The summed E-state index contributed by atoms with van der Waals surface area (Å²) in [4.78, 5) is 33.6. The lowest BCUT2D eigenvalue weighted by Crippen LogP contribution is -2.63. The van der Waals surface area contributed by atoms with E-state index in [2.05, 4.69) is 15.3 Å². The number of carbonyl (C=O) groups is 2. The van der Waals surface area contributed by atoms with Gasteiger partial charge in [-0.3, -0.25) is 9.59 Å². The van der Waals surface area contributed by atoms with E-state index in [9.17, 15) is 18.4 Å². The van der Waals surface area contributed by atoms with Gasteiger partial charge in [0.2, 0.25) is 5.91 Å². The molecule has 0 bridgehead atoms. The molecule has 2 amide bonds. The zero-order valence-corrected chi connectivity index (χ0v) is 15.7. The molecule has 0 saturated carbocycles. The zero-order valence-electron chi connectivity index (χ0n) is 15.7.